The second kappa shape index (κ2) is 4.68. The Bertz CT molecular complexity index is 614. The summed E-state index contributed by atoms with van der Waals surface area (Å²) >= 11 is 0. The molecule has 1 fully saturated rings. The lowest BCUT2D eigenvalue weighted by atomic mass is 9.85. The molecule has 0 aromatic carbocycles. The van der Waals surface area contributed by atoms with Crippen LogP contribution in [-0.2, 0) is 0 Å². The highest BCUT2D eigenvalue weighted by Gasteiger charge is 2.23. The number of aryl methyl sites for hydroxylation is 1. The van der Waals surface area contributed by atoms with E-state index in [9.17, 15) is 4.79 Å². The van der Waals surface area contributed by atoms with Crippen molar-refractivity contribution < 1.29 is 9.21 Å². The van der Waals surface area contributed by atoms with Gasteiger partial charge in [0.25, 0.3) is 5.91 Å². The monoisotopic (exact) mass is 258 g/mol. The number of amides is 1. The first-order chi connectivity index (χ1) is 9.13. The number of nitrogens with zero attached hydrogens (tertiary/aromatic N) is 2. The van der Waals surface area contributed by atoms with Crippen molar-refractivity contribution in [3.63, 3.8) is 0 Å². The first-order valence-corrected chi connectivity index (χ1v) is 6.76. The van der Waals surface area contributed by atoms with Crippen molar-refractivity contribution in [1.29, 1.82) is 0 Å². The number of aromatic nitrogens is 1. The minimum absolute atomic E-state index is 0.0532. The van der Waals surface area contributed by atoms with Crippen molar-refractivity contribution in [2.75, 3.05) is 13.6 Å². The Kier molecular flexibility index (Phi) is 3.01. The van der Waals surface area contributed by atoms with Gasteiger partial charge in [0.2, 0.25) is 0 Å². The van der Waals surface area contributed by atoms with Crippen LogP contribution in [0.4, 0.5) is 0 Å². The molecule has 4 heteroatoms. The van der Waals surface area contributed by atoms with Gasteiger partial charge in [0, 0.05) is 25.4 Å². The molecule has 2 aromatic heterocycles. The van der Waals surface area contributed by atoms with Gasteiger partial charge in [-0.05, 0) is 37.8 Å². The van der Waals surface area contributed by atoms with Crippen molar-refractivity contribution in [2.45, 2.75) is 26.2 Å². The standard InChI is InChI=1S/C15H18N2O2/c1-10-6-7-13-12(16-10)8-14(19-13)15(18)17(2)9-11-4-3-5-11/h6-8,11H,3-5,9H2,1-2H3. The van der Waals surface area contributed by atoms with Crippen LogP contribution in [0, 0.1) is 12.8 Å². The maximum Gasteiger partial charge on any atom is 0.289 e. The Hall–Kier alpha value is -1.84. The number of carbonyl (C=O) groups is 1. The summed E-state index contributed by atoms with van der Waals surface area (Å²) in [7, 11) is 1.84. The van der Waals surface area contributed by atoms with E-state index in [4.69, 9.17) is 4.42 Å². The highest BCUT2D eigenvalue weighted by atomic mass is 16.3. The molecule has 0 bridgehead atoms. The van der Waals surface area contributed by atoms with Crippen LogP contribution in [0.3, 0.4) is 0 Å². The van der Waals surface area contributed by atoms with Gasteiger partial charge < -0.3 is 9.32 Å². The van der Waals surface area contributed by atoms with Crippen LogP contribution in [0.25, 0.3) is 11.1 Å². The number of carbonyl (C=O) groups excluding carboxylic acids is 1. The van der Waals surface area contributed by atoms with E-state index >= 15 is 0 Å². The van der Waals surface area contributed by atoms with Gasteiger partial charge in [-0.2, -0.15) is 0 Å². The zero-order chi connectivity index (χ0) is 13.4. The van der Waals surface area contributed by atoms with Gasteiger partial charge in [0.15, 0.2) is 11.3 Å². The van der Waals surface area contributed by atoms with Crippen LogP contribution in [0.15, 0.2) is 22.6 Å². The maximum absolute atomic E-state index is 12.3. The number of hydrogen-bond donors (Lipinski definition) is 0. The molecular weight excluding hydrogens is 240 g/mol. The Balaban J connectivity index is 1.80. The van der Waals surface area contributed by atoms with Gasteiger partial charge in [-0.25, -0.2) is 4.98 Å². The molecule has 1 amide bonds. The summed E-state index contributed by atoms with van der Waals surface area (Å²) in [6, 6.07) is 5.49. The van der Waals surface area contributed by atoms with Crippen LogP contribution >= 0.6 is 0 Å². The van der Waals surface area contributed by atoms with E-state index in [-0.39, 0.29) is 5.91 Å². The lowest BCUT2D eigenvalue weighted by Crippen LogP contribution is -2.34. The average Bonchev–Trinajstić information content (AvgIpc) is 2.75. The van der Waals surface area contributed by atoms with Crippen molar-refractivity contribution in [2.24, 2.45) is 5.92 Å². The summed E-state index contributed by atoms with van der Waals surface area (Å²) < 4.78 is 5.59. The molecule has 0 atom stereocenters. The van der Waals surface area contributed by atoms with Gasteiger partial charge in [0.05, 0.1) is 0 Å². The fourth-order valence-electron chi connectivity index (χ4n) is 2.46. The molecule has 0 spiro atoms. The van der Waals surface area contributed by atoms with E-state index in [0.29, 0.717) is 17.3 Å². The number of rotatable bonds is 3. The molecule has 100 valence electrons. The summed E-state index contributed by atoms with van der Waals surface area (Å²) in [6.07, 6.45) is 3.76. The SMILES string of the molecule is Cc1ccc2oc(C(=O)N(C)CC3CCC3)cc2n1. The third-order valence-electron chi connectivity index (χ3n) is 3.83. The zero-order valence-electron chi connectivity index (χ0n) is 11.3. The molecular formula is C15H18N2O2. The molecule has 0 radical (unpaired) electrons. The van der Waals surface area contributed by atoms with E-state index < -0.39 is 0 Å². The van der Waals surface area contributed by atoms with Crippen LogP contribution in [0.2, 0.25) is 0 Å². The second-order valence-corrected chi connectivity index (χ2v) is 5.43. The number of hydrogen-bond acceptors (Lipinski definition) is 3. The molecule has 2 heterocycles. The summed E-state index contributed by atoms with van der Waals surface area (Å²) in [6.45, 7) is 2.75. The van der Waals surface area contributed by atoms with Crippen molar-refractivity contribution in [3.8, 4) is 0 Å². The normalized spacial score (nSPS) is 15.5. The molecule has 1 aliphatic carbocycles. The maximum atomic E-state index is 12.3. The van der Waals surface area contributed by atoms with Crippen LogP contribution < -0.4 is 0 Å². The fraction of sp³-hybridized carbons (Fsp3) is 0.467. The quantitative estimate of drug-likeness (QED) is 0.850. The van der Waals surface area contributed by atoms with Crippen LogP contribution in [-0.4, -0.2) is 29.4 Å². The topological polar surface area (TPSA) is 46.3 Å². The summed E-state index contributed by atoms with van der Waals surface area (Å²) in [5.41, 5.74) is 2.35. The predicted octanol–water partition coefficient (Wildman–Crippen LogP) is 3.01. The summed E-state index contributed by atoms with van der Waals surface area (Å²) in [5.74, 6) is 0.996. The zero-order valence-corrected chi connectivity index (χ0v) is 11.3. The van der Waals surface area contributed by atoms with Crippen LogP contribution in [0.1, 0.15) is 35.5 Å². The molecule has 0 unspecified atom stereocenters. The van der Waals surface area contributed by atoms with Gasteiger partial charge in [-0.3, -0.25) is 4.79 Å². The Morgan fingerprint density at radius 2 is 2.26 bits per heavy atom. The molecule has 3 rings (SSSR count). The Labute approximate surface area is 112 Å². The van der Waals surface area contributed by atoms with E-state index in [2.05, 4.69) is 4.98 Å². The van der Waals surface area contributed by atoms with Crippen molar-refractivity contribution in [3.05, 3.63) is 29.7 Å². The smallest absolute Gasteiger partial charge is 0.289 e. The van der Waals surface area contributed by atoms with Gasteiger partial charge in [0.1, 0.15) is 5.52 Å². The molecule has 4 nitrogen and oxygen atoms in total. The molecule has 1 aliphatic rings. The summed E-state index contributed by atoms with van der Waals surface area (Å²) in [4.78, 5) is 18.4. The van der Waals surface area contributed by atoms with Gasteiger partial charge in [-0.1, -0.05) is 6.42 Å². The average molecular weight is 258 g/mol. The van der Waals surface area contributed by atoms with Crippen LogP contribution in [0.5, 0.6) is 0 Å². The second-order valence-electron chi connectivity index (χ2n) is 5.43. The Morgan fingerprint density at radius 1 is 1.47 bits per heavy atom. The third kappa shape index (κ3) is 2.35. The summed E-state index contributed by atoms with van der Waals surface area (Å²) in [5, 5.41) is 0. The molecule has 2 aromatic rings. The fourth-order valence-corrected chi connectivity index (χ4v) is 2.46. The van der Waals surface area contributed by atoms with Crippen molar-refractivity contribution in [1.82, 2.24) is 9.88 Å². The highest BCUT2D eigenvalue weighted by Crippen LogP contribution is 2.27. The number of pyridine rings is 1. The van der Waals surface area contributed by atoms with Crippen molar-refractivity contribution >= 4 is 17.0 Å². The molecule has 0 aliphatic heterocycles. The molecule has 1 saturated carbocycles. The lowest BCUT2D eigenvalue weighted by Gasteiger charge is -2.29. The van der Waals surface area contributed by atoms with Gasteiger partial charge >= 0.3 is 0 Å². The minimum atomic E-state index is -0.0532. The number of furan rings is 1. The van der Waals surface area contributed by atoms with E-state index in [1.54, 1.807) is 11.0 Å². The lowest BCUT2D eigenvalue weighted by molar-refractivity contribution is 0.0716. The highest BCUT2D eigenvalue weighted by molar-refractivity contribution is 5.95. The number of fused-ring (bicyclic) bond motifs is 1. The molecule has 0 N–H and O–H groups in total. The minimum Gasteiger partial charge on any atom is -0.449 e. The van der Waals surface area contributed by atoms with E-state index in [1.165, 1.54) is 19.3 Å². The van der Waals surface area contributed by atoms with E-state index in [1.807, 2.05) is 26.1 Å². The first-order valence-electron chi connectivity index (χ1n) is 6.76. The van der Waals surface area contributed by atoms with E-state index in [0.717, 1.165) is 17.8 Å². The Morgan fingerprint density at radius 3 is 2.95 bits per heavy atom. The molecule has 19 heavy (non-hydrogen) atoms. The first kappa shape index (κ1) is 12.2. The third-order valence-corrected chi connectivity index (χ3v) is 3.83. The molecule has 0 saturated heterocycles. The largest absolute Gasteiger partial charge is 0.449 e. The predicted molar refractivity (Wildman–Crippen MR) is 73.0 cm³/mol. The van der Waals surface area contributed by atoms with Gasteiger partial charge in [-0.15, -0.1) is 0 Å².